The summed E-state index contributed by atoms with van der Waals surface area (Å²) in [4.78, 5) is 0. The fraction of sp³-hybridized carbons (Fsp3) is 0.118. The molecule has 21 heavy (non-hydrogen) atoms. The highest BCUT2D eigenvalue weighted by atomic mass is 16.5. The number of aliphatic hydroxyl groups is 1. The first-order chi connectivity index (χ1) is 10.2. The minimum absolute atomic E-state index is 0.00972. The number of benzene rings is 2. The molecule has 0 atom stereocenters. The van der Waals surface area contributed by atoms with Gasteiger partial charge in [0.15, 0.2) is 5.75 Å². The molecule has 0 fully saturated rings. The average molecular weight is 279 g/mol. The van der Waals surface area contributed by atoms with E-state index in [2.05, 4.69) is 0 Å². The van der Waals surface area contributed by atoms with Gasteiger partial charge in [-0.1, -0.05) is 18.2 Å². The van der Waals surface area contributed by atoms with Crippen LogP contribution in [-0.2, 0) is 6.61 Å². The Labute approximate surface area is 121 Å². The zero-order chi connectivity index (χ0) is 14.8. The second kappa shape index (κ2) is 5.31. The Morgan fingerprint density at radius 2 is 2.05 bits per heavy atom. The van der Waals surface area contributed by atoms with Crippen LogP contribution in [0.3, 0.4) is 0 Å². The van der Waals surface area contributed by atoms with Crippen molar-refractivity contribution in [2.45, 2.75) is 13.5 Å². The monoisotopic (exact) mass is 279 g/mol. The molecule has 3 rings (SSSR count). The van der Waals surface area contributed by atoms with E-state index in [4.69, 9.17) is 9.15 Å². The zero-order valence-electron chi connectivity index (χ0n) is 11.5. The molecule has 4 heteroatoms. The quantitative estimate of drug-likeness (QED) is 0.789. The summed E-state index contributed by atoms with van der Waals surface area (Å²) in [5, 5.41) is 19.1. The minimum Gasteiger partial charge on any atom is -0.452 e. The van der Waals surface area contributed by atoms with E-state index in [9.17, 15) is 10.4 Å². The minimum atomic E-state index is -0.00972. The van der Waals surface area contributed by atoms with Gasteiger partial charge in [-0.3, -0.25) is 0 Å². The van der Waals surface area contributed by atoms with Gasteiger partial charge in [-0.05, 0) is 42.3 Å². The Bertz CT molecular complexity index is 843. The second-order valence-corrected chi connectivity index (χ2v) is 4.72. The van der Waals surface area contributed by atoms with E-state index in [-0.39, 0.29) is 12.4 Å². The number of nitriles is 1. The zero-order valence-corrected chi connectivity index (χ0v) is 11.5. The molecule has 0 aliphatic rings. The van der Waals surface area contributed by atoms with Crippen LogP contribution in [0.4, 0.5) is 0 Å². The van der Waals surface area contributed by atoms with Gasteiger partial charge in [-0.15, -0.1) is 0 Å². The lowest BCUT2D eigenvalue weighted by Crippen LogP contribution is -1.91. The second-order valence-electron chi connectivity index (χ2n) is 4.72. The topological polar surface area (TPSA) is 66.4 Å². The van der Waals surface area contributed by atoms with E-state index >= 15 is 0 Å². The van der Waals surface area contributed by atoms with Crippen molar-refractivity contribution in [2.24, 2.45) is 0 Å². The lowest BCUT2D eigenvalue weighted by atomic mass is 10.1. The van der Waals surface area contributed by atoms with Crippen LogP contribution in [0.15, 0.2) is 46.9 Å². The van der Waals surface area contributed by atoms with Crippen molar-refractivity contribution in [3.63, 3.8) is 0 Å². The molecule has 0 saturated carbocycles. The van der Waals surface area contributed by atoms with E-state index in [0.717, 1.165) is 16.5 Å². The third-order valence-electron chi connectivity index (χ3n) is 3.36. The van der Waals surface area contributed by atoms with Crippen LogP contribution in [0.25, 0.3) is 11.0 Å². The van der Waals surface area contributed by atoms with E-state index in [1.165, 1.54) is 0 Å². The van der Waals surface area contributed by atoms with Crippen LogP contribution < -0.4 is 4.74 Å². The van der Waals surface area contributed by atoms with E-state index in [1.807, 2.05) is 37.3 Å². The standard InChI is InChI=1S/C17H13NO3/c1-11-8-13(7-6-12(11)10-19)20-17-14-4-2-3-5-15(14)21-16(17)9-18/h2-8,19H,10H2,1H3. The van der Waals surface area contributed by atoms with Crippen LogP contribution in [0.2, 0.25) is 0 Å². The fourth-order valence-corrected chi connectivity index (χ4v) is 2.22. The van der Waals surface area contributed by atoms with Gasteiger partial charge in [0, 0.05) is 0 Å². The van der Waals surface area contributed by atoms with Crippen molar-refractivity contribution in [1.82, 2.24) is 0 Å². The number of rotatable bonds is 3. The maximum Gasteiger partial charge on any atom is 0.247 e. The maximum absolute atomic E-state index is 9.19. The molecule has 0 spiro atoms. The molecule has 2 aromatic carbocycles. The van der Waals surface area contributed by atoms with Crippen molar-refractivity contribution in [2.75, 3.05) is 0 Å². The molecule has 0 bridgehead atoms. The highest BCUT2D eigenvalue weighted by Gasteiger charge is 2.16. The Morgan fingerprint density at radius 1 is 1.24 bits per heavy atom. The first-order valence-corrected chi connectivity index (χ1v) is 6.53. The Morgan fingerprint density at radius 3 is 2.76 bits per heavy atom. The van der Waals surface area contributed by atoms with Crippen LogP contribution in [0.1, 0.15) is 16.9 Å². The van der Waals surface area contributed by atoms with Gasteiger partial charge in [0.2, 0.25) is 5.76 Å². The van der Waals surface area contributed by atoms with Gasteiger partial charge in [0.1, 0.15) is 17.4 Å². The molecular formula is C17H13NO3. The molecule has 1 N–H and O–H groups in total. The number of aryl methyl sites for hydroxylation is 1. The number of nitrogens with zero attached hydrogens (tertiary/aromatic N) is 1. The molecular weight excluding hydrogens is 266 g/mol. The average Bonchev–Trinajstić information content (AvgIpc) is 2.86. The van der Waals surface area contributed by atoms with Gasteiger partial charge in [-0.25, -0.2) is 0 Å². The number of para-hydroxylation sites is 1. The van der Waals surface area contributed by atoms with E-state index < -0.39 is 0 Å². The highest BCUT2D eigenvalue weighted by Crippen LogP contribution is 2.36. The van der Waals surface area contributed by atoms with Gasteiger partial charge < -0.3 is 14.3 Å². The number of hydrogen-bond donors (Lipinski definition) is 1. The number of fused-ring (bicyclic) bond motifs is 1. The summed E-state index contributed by atoms with van der Waals surface area (Å²) >= 11 is 0. The first-order valence-electron chi connectivity index (χ1n) is 6.53. The predicted molar refractivity (Wildman–Crippen MR) is 78.1 cm³/mol. The number of hydrogen-bond acceptors (Lipinski definition) is 4. The van der Waals surface area contributed by atoms with Gasteiger partial charge >= 0.3 is 0 Å². The Hall–Kier alpha value is -2.77. The molecule has 0 radical (unpaired) electrons. The van der Waals surface area contributed by atoms with Gasteiger partial charge in [0.05, 0.1) is 12.0 Å². The summed E-state index contributed by atoms with van der Waals surface area (Å²) in [6.45, 7) is 1.89. The van der Waals surface area contributed by atoms with Crippen molar-refractivity contribution in [3.8, 4) is 17.6 Å². The summed E-state index contributed by atoms with van der Waals surface area (Å²) in [7, 11) is 0. The molecule has 104 valence electrons. The smallest absolute Gasteiger partial charge is 0.247 e. The summed E-state index contributed by atoms with van der Waals surface area (Å²) < 4.78 is 11.3. The SMILES string of the molecule is Cc1cc(Oc2c(C#N)oc3ccccc23)ccc1CO. The lowest BCUT2D eigenvalue weighted by Gasteiger charge is -2.07. The Balaban J connectivity index is 2.05. The van der Waals surface area contributed by atoms with Crippen LogP contribution in [0, 0.1) is 18.3 Å². The van der Waals surface area contributed by atoms with Crippen molar-refractivity contribution in [3.05, 3.63) is 59.4 Å². The largest absolute Gasteiger partial charge is 0.452 e. The molecule has 1 aromatic heterocycles. The summed E-state index contributed by atoms with van der Waals surface area (Å²) in [6.07, 6.45) is 0. The van der Waals surface area contributed by atoms with Crippen molar-refractivity contribution in [1.29, 1.82) is 5.26 Å². The molecule has 0 saturated heterocycles. The molecule has 0 aliphatic heterocycles. The fourth-order valence-electron chi connectivity index (χ4n) is 2.22. The van der Waals surface area contributed by atoms with Gasteiger partial charge in [-0.2, -0.15) is 5.26 Å². The summed E-state index contributed by atoms with van der Waals surface area (Å²) in [6, 6.07) is 14.8. The predicted octanol–water partition coefficient (Wildman–Crippen LogP) is 3.90. The van der Waals surface area contributed by atoms with Crippen LogP contribution >= 0.6 is 0 Å². The van der Waals surface area contributed by atoms with E-state index in [1.54, 1.807) is 18.2 Å². The normalized spacial score (nSPS) is 10.5. The first kappa shape index (κ1) is 13.2. The molecule has 0 unspecified atom stereocenters. The third kappa shape index (κ3) is 2.35. The number of aliphatic hydroxyl groups excluding tert-OH is 1. The van der Waals surface area contributed by atoms with Crippen LogP contribution in [-0.4, -0.2) is 5.11 Å². The molecule has 1 heterocycles. The summed E-state index contributed by atoms with van der Waals surface area (Å²) in [5.41, 5.74) is 2.40. The maximum atomic E-state index is 9.19. The number of ether oxygens (including phenoxy) is 1. The highest BCUT2D eigenvalue weighted by molar-refractivity contribution is 5.86. The molecule has 3 aromatic rings. The van der Waals surface area contributed by atoms with Crippen LogP contribution in [0.5, 0.6) is 11.5 Å². The van der Waals surface area contributed by atoms with Crippen molar-refractivity contribution < 1.29 is 14.3 Å². The number of furan rings is 1. The molecule has 4 nitrogen and oxygen atoms in total. The molecule has 0 aliphatic carbocycles. The lowest BCUT2D eigenvalue weighted by molar-refractivity contribution is 0.281. The van der Waals surface area contributed by atoms with Gasteiger partial charge in [0.25, 0.3) is 0 Å². The summed E-state index contributed by atoms with van der Waals surface area (Å²) in [5.74, 6) is 1.18. The van der Waals surface area contributed by atoms with Crippen molar-refractivity contribution >= 4 is 11.0 Å². The Kier molecular flexibility index (Phi) is 3.35. The third-order valence-corrected chi connectivity index (χ3v) is 3.36. The van der Waals surface area contributed by atoms with E-state index in [0.29, 0.717) is 17.1 Å². The molecule has 0 amide bonds.